The highest BCUT2D eigenvalue weighted by Gasteiger charge is 2.12. The molecule has 0 aliphatic carbocycles. The van der Waals surface area contributed by atoms with E-state index in [9.17, 15) is 9.59 Å². The fourth-order valence-electron chi connectivity index (χ4n) is 1.96. The Balaban J connectivity index is 1.92. The van der Waals surface area contributed by atoms with E-state index in [4.69, 9.17) is 14.7 Å². The average molecular weight is 356 g/mol. The number of nitriles is 1. The first kappa shape index (κ1) is 18.4. The van der Waals surface area contributed by atoms with E-state index in [0.717, 1.165) is 4.90 Å². The third kappa shape index (κ3) is 5.55. The molecule has 0 heterocycles. The number of ether oxygens (including phenoxy) is 2. The summed E-state index contributed by atoms with van der Waals surface area (Å²) in [5.74, 6) is -0.262. The molecule has 0 radical (unpaired) electrons. The van der Waals surface area contributed by atoms with Crippen LogP contribution in [-0.4, -0.2) is 31.3 Å². The van der Waals surface area contributed by atoms with E-state index in [0.29, 0.717) is 17.0 Å². The molecule has 0 aliphatic heterocycles. The molecular weight excluding hydrogens is 340 g/mol. The normalized spacial score (nSPS) is 9.76. The lowest BCUT2D eigenvalue weighted by molar-refractivity contribution is -0.119. The summed E-state index contributed by atoms with van der Waals surface area (Å²) >= 11 is 1.32. The third-order valence-electron chi connectivity index (χ3n) is 3.09. The molecule has 0 spiro atoms. The van der Waals surface area contributed by atoms with Crippen LogP contribution in [0.2, 0.25) is 0 Å². The Morgan fingerprint density at radius 2 is 2.00 bits per heavy atom. The number of amides is 1. The molecule has 25 heavy (non-hydrogen) atoms. The molecule has 0 aliphatic rings. The standard InChI is InChI=1S/C18H16N2O4S/c1-23-14-6-4-5-13(11-14)18(22)24-12-17(21)20-15-7-2-3-8-16(15)25-10-9-19/h2-8,11H,10,12H2,1H3,(H,20,21). The number of hydrogen-bond donors (Lipinski definition) is 1. The SMILES string of the molecule is COc1cccc(C(=O)OCC(=O)Nc2ccccc2SCC#N)c1. The summed E-state index contributed by atoms with van der Waals surface area (Å²) in [6.45, 7) is -0.409. The van der Waals surface area contributed by atoms with Crippen molar-refractivity contribution in [3.63, 3.8) is 0 Å². The Hall–Kier alpha value is -2.98. The van der Waals surface area contributed by atoms with Crippen LogP contribution in [0.15, 0.2) is 53.4 Å². The van der Waals surface area contributed by atoms with Gasteiger partial charge in [-0.15, -0.1) is 11.8 Å². The molecule has 6 nitrogen and oxygen atoms in total. The number of hydrogen-bond acceptors (Lipinski definition) is 6. The minimum atomic E-state index is -0.610. The second kappa shape index (κ2) is 9.35. The van der Waals surface area contributed by atoms with Crippen LogP contribution in [0.5, 0.6) is 5.75 Å². The van der Waals surface area contributed by atoms with Crippen molar-refractivity contribution in [2.24, 2.45) is 0 Å². The molecule has 2 rings (SSSR count). The highest BCUT2D eigenvalue weighted by molar-refractivity contribution is 7.99. The number of nitrogens with zero attached hydrogens (tertiary/aromatic N) is 1. The predicted molar refractivity (Wildman–Crippen MR) is 94.7 cm³/mol. The number of rotatable bonds is 7. The first-order valence-corrected chi connectivity index (χ1v) is 8.32. The molecule has 128 valence electrons. The summed E-state index contributed by atoms with van der Waals surface area (Å²) < 4.78 is 10.1. The van der Waals surface area contributed by atoms with E-state index >= 15 is 0 Å². The topological polar surface area (TPSA) is 88.4 Å². The summed E-state index contributed by atoms with van der Waals surface area (Å²) in [4.78, 5) is 24.8. The van der Waals surface area contributed by atoms with E-state index in [2.05, 4.69) is 5.32 Å². The number of carbonyl (C=O) groups is 2. The maximum atomic E-state index is 12.0. The van der Waals surface area contributed by atoms with Gasteiger partial charge >= 0.3 is 5.97 Å². The fourth-order valence-corrected chi connectivity index (χ4v) is 2.63. The van der Waals surface area contributed by atoms with Crippen LogP contribution in [-0.2, 0) is 9.53 Å². The number of nitrogens with one attached hydrogen (secondary N) is 1. The zero-order chi connectivity index (χ0) is 18.1. The smallest absolute Gasteiger partial charge is 0.338 e. The van der Waals surface area contributed by atoms with E-state index in [1.165, 1.54) is 24.9 Å². The second-order valence-corrected chi connectivity index (χ2v) is 5.82. The Morgan fingerprint density at radius 3 is 2.76 bits per heavy atom. The Morgan fingerprint density at radius 1 is 1.20 bits per heavy atom. The number of carbonyl (C=O) groups excluding carboxylic acids is 2. The van der Waals surface area contributed by atoms with Crippen molar-refractivity contribution in [3.05, 3.63) is 54.1 Å². The third-order valence-corrected chi connectivity index (χ3v) is 4.03. The van der Waals surface area contributed by atoms with Gasteiger partial charge in [-0.25, -0.2) is 4.79 Å². The average Bonchev–Trinajstić information content (AvgIpc) is 2.65. The quantitative estimate of drug-likeness (QED) is 0.606. The van der Waals surface area contributed by atoms with Gasteiger partial charge in [-0.3, -0.25) is 4.79 Å². The lowest BCUT2D eigenvalue weighted by Crippen LogP contribution is -2.21. The van der Waals surface area contributed by atoms with Crippen molar-refractivity contribution in [1.29, 1.82) is 5.26 Å². The molecular formula is C18H16N2O4S. The van der Waals surface area contributed by atoms with E-state index in [1.54, 1.807) is 36.4 Å². The van der Waals surface area contributed by atoms with Crippen molar-refractivity contribution < 1.29 is 19.1 Å². The van der Waals surface area contributed by atoms with Crippen molar-refractivity contribution in [2.45, 2.75) is 4.90 Å². The van der Waals surface area contributed by atoms with Crippen molar-refractivity contribution >= 4 is 29.3 Å². The van der Waals surface area contributed by atoms with Crippen LogP contribution < -0.4 is 10.1 Å². The van der Waals surface area contributed by atoms with Crippen LogP contribution in [0.1, 0.15) is 10.4 Å². The molecule has 0 bridgehead atoms. The molecule has 0 saturated carbocycles. The van der Waals surface area contributed by atoms with E-state index in [-0.39, 0.29) is 5.75 Å². The summed E-state index contributed by atoms with van der Waals surface area (Å²) in [6.07, 6.45) is 0. The summed E-state index contributed by atoms with van der Waals surface area (Å²) in [5, 5.41) is 11.3. The van der Waals surface area contributed by atoms with Crippen LogP contribution in [0.3, 0.4) is 0 Å². The first-order chi connectivity index (χ1) is 12.1. The van der Waals surface area contributed by atoms with Gasteiger partial charge in [0.25, 0.3) is 5.91 Å². The number of methoxy groups -OCH3 is 1. The van der Waals surface area contributed by atoms with Crippen LogP contribution in [0.25, 0.3) is 0 Å². The minimum absolute atomic E-state index is 0.276. The highest BCUT2D eigenvalue weighted by atomic mass is 32.2. The Labute approximate surface area is 149 Å². The van der Waals surface area contributed by atoms with E-state index < -0.39 is 18.5 Å². The van der Waals surface area contributed by atoms with E-state index in [1.807, 2.05) is 12.1 Å². The lowest BCUT2D eigenvalue weighted by Gasteiger charge is -2.10. The molecule has 0 aromatic heterocycles. The van der Waals surface area contributed by atoms with Gasteiger partial charge in [0.1, 0.15) is 5.75 Å². The number of anilines is 1. The van der Waals surface area contributed by atoms with Crippen molar-refractivity contribution in [3.8, 4) is 11.8 Å². The molecule has 2 aromatic rings. The summed E-state index contributed by atoms with van der Waals surface area (Å²) in [5.41, 5.74) is 0.877. The number of esters is 1. The second-order valence-electron chi connectivity index (χ2n) is 4.80. The molecule has 2 aromatic carbocycles. The summed E-state index contributed by atoms with van der Waals surface area (Å²) in [6, 6.07) is 15.6. The summed E-state index contributed by atoms with van der Waals surface area (Å²) in [7, 11) is 1.50. The molecule has 0 saturated heterocycles. The molecule has 7 heteroatoms. The number of benzene rings is 2. The van der Waals surface area contributed by atoms with Gasteiger partial charge in [-0.1, -0.05) is 18.2 Å². The molecule has 1 amide bonds. The Bertz CT molecular complexity index is 802. The Kier molecular flexibility index (Phi) is 6.87. The lowest BCUT2D eigenvalue weighted by atomic mass is 10.2. The van der Waals surface area contributed by atoms with Gasteiger partial charge in [-0.2, -0.15) is 5.26 Å². The van der Waals surface area contributed by atoms with Gasteiger partial charge in [0, 0.05) is 4.90 Å². The van der Waals surface area contributed by atoms with Crippen LogP contribution in [0.4, 0.5) is 5.69 Å². The maximum absolute atomic E-state index is 12.0. The molecule has 0 unspecified atom stereocenters. The molecule has 1 N–H and O–H groups in total. The van der Waals surface area contributed by atoms with Gasteiger partial charge in [0.15, 0.2) is 6.61 Å². The van der Waals surface area contributed by atoms with Gasteiger partial charge in [0.2, 0.25) is 0 Å². The highest BCUT2D eigenvalue weighted by Crippen LogP contribution is 2.26. The number of para-hydroxylation sites is 1. The monoisotopic (exact) mass is 356 g/mol. The first-order valence-electron chi connectivity index (χ1n) is 7.34. The van der Waals surface area contributed by atoms with Crippen LogP contribution >= 0.6 is 11.8 Å². The fraction of sp³-hybridized carbons (Fsp3) is 0.167. The zero-order valence-electron chi connectivity index (χ0n) is 13.5. The molecule has 0 fully saturated rings. The van der Waals surface area contributed by atoms with Gasteiger partial charge in [0.05, 0.1) is 30.2 Å². The minimum Gasteiger partial charge on any atom is -0.497 e. The zero-order valence-corrected chi connectivity index (χ0v) is 14.3. The largest absolute Gasteiger partial charge is 0.497 e. The van der Waals surface area contributed by atoms with Crippen molar-refractivity contribution in [2.75, 3.05) is 24.8 Å². The van der Waals surface area contributed by atoms with Crippen LogP contribution in [0, 0.1) is 11.3 Å². The van der Waals surface area contributed by atoms with Gasteiger partial charge in [-0.05, 0) is 30.3 Å². The molecule has 0 atom stereocenters. The predicted octanol–water partition coefficient (Wildman–Crippen LogP) is 3.11. The van der Waals surface area contributed by atoms with Gasteiger partial charge < -0.3 is 14.8 Å². The van der Waals surface area contributed by atoms with Crippen molar-refractivity contribution in [1.82, 2.24) is 0 Å². The maximum Gasteiger partial charge on any atom is 0.338 e. The number of thioether (sulfide) groups is 1.